The fourth-order valence-electron chi connectivity index (χ4n) is 0.925. The van der Waals surface area contributed by atoms with Crippen LogP contribution in [0.25, 0.3) is 11.4 Å². The van der Waals surface area contributed by atoms with E-state index in [1.807, 2.05) is 24.3 Å². The summed E-state index contributed by atoms with van der Waals surface area (Å²) in [7, 11) is 0. The Balaban J connectivity index is 2.48. The quantitative estimate of drug-likeness (QED) is 0.748. The number of benzene rings is 1. The molecule has 0 fully saturated rings. The second kappa shape index (κ2) is 3.06. The average molecular weight is 225 g/mol. The van der Waals surface area contributed by atoms with Crippen LogP contribution >= 0.6 is 15.9 Å². The van der Waals surface area contributed by atoms with Crippen LogP contribution in [-0.4, -0.2) is 10.1 Å². The van der Waals surface area contributed by atoms with Gasteiger partial charge in [0.25, 0.3) is 0 Å². The monoisotopic (exact) mass is 224 g/mol. The minimum absolute atomic E-state index is 0.608. The summed E-state index contributed by atoms with van der Waals surface area (Å²) in [6.07, 6.45) is 1.32. The second-order valence-corrected chi connectivity index (χ2v) is 3.18. The highest BCUT2D eigenvalue weighted by molar-refractivity contribution is 9.10. The molecule has 1 aromatic carbocycles. The Labute approximate surface area is 77.5 Å². The second-order valence-electron chi connectivity index (χ2n) is 2.27. The summed E-state index contributed by atoms with van der Waals surface area (Å²) in [6, 6.07) is 7.74. The van der Waals surface area contributed by atoms with Crippen LogP contribution in [0, 0.1) is 0 Å². The van der Waals surface area contributed by atoms with Gasteiger partial charge >= 0.3 is 0 Å². The van der Waals surface area contributed by atoms with Gasteiger partial charge in [0.05, 0.1) is 0 Å². The van der Waals surface area contributed by atoms with E-state index in [2.05, 4.69) is 30.6 Å². The Kier molecular flexibility index (Phi) is 1.91. The summed E-state index contributed by atoms with van der Waals surface area (Å²) >= 11 is 3.36. The van der Waals surface area contributed by atoms with Crippen molar-refractivity contribution in [1.29, 1.82) is 0 Å². The van der Waals surface area contributed by atoms with E-state index in [1.54, 1.807) is 0 Å². The van der Waals surface area contributed by atoms with Gasteiger partial charge in [0.2, 0.25) is 12.2 Å². The fourth-order valence-corrected chi connectivity index (χ4v) is 1.32. The van der Waals surface area contributed by atoms with Crippen molar-refractivity contribution in [3.05, 3.63) is 35.1 Å². The van der Waals surface area contributed by atoms with E-state index in [-0.39, 0.29) is 0 Å². The lowest BCUT2D eigenvalue weighted by molar-refractivity contribution is 0.419. The van der Waals surface area contributed by atoms with Gasteiger partial charge in [-0.05, 0) is 12.1 Å². The van der Waals surface area contributed by atoms with Crippen LogP contribution in [0.2, 0.25) is 0 Å². The lowest BCUT2D eigenvalue weighted by atomic mass is 10.2. The molecule has 0 N–H and O–H groups in total. The Morgan fingerprint density at radius 3 is 2.92 bits per heavy atom. The van der Waals surface area contributed by atoms with E-state index in [0.717, 1.165) is 10.0 Å². The molecule has 2 aromatic rings. The molecule has 0 radical (unpaired) electrons. The maximum Gasteiger partial charge on any atom is 0.214 e. The predicted molar refractivity (Wildman–Crippen MR) is 47.4 cm³/mol. The summed E-state index contributed by atoms with van der Waals surface area (Å²) in [4.78, 5) is 3.93. The van der Waals surface area contributed by atoms with Crippen LogP contribution in [0.1, 0.15) is 0 Å². The van der Waals surface area contributed by atoms with E-state index in [9.17, 15) is 0 Å². The molecule has 0 amide bonds. The lowest BCUT2D eigenvalue weighted by Crippen LogP contribution is -1.78. The van der Waals surface area contributed by atoms with Crippen LogP contribution in [0.3, 0.4) is 0 Å². The molecule has 0 aliphatic carbocycles. The molecule has 0 aliphatic rings. The normalized spacial score (nSPS) is 10.1. The van der Waals surface area contributed by atoms with Crippen molar-refractivity contribution < 1.29 is 4.52 Å². The van der Waals surface area contributed by atoms with Crippen molar-refractivity contribution in [2.24, 2.45) is 0 Å². The van der Waals surface area contributed by atoms with Crippen LogP contribution < -0.4 is 0 Å². The smallest absolute Gasteiger partial charge is 0.214 e. The largest absolute Gasteiger partial charge is 0.342 e. The molecule has 0 spiro atoms. The van der Waals surface area contributed by atoms with Gasteiger partial charge in [-0.2, -0.15) is 4.98 Å². The van der Waals surface area contributed by atoms with Crippen molar-refractivity contribution in [2.45, 2.75) is 0 Å². The van der Waals surface area contributed by atoms with Gasteiger partial charge < -0.3 is 4.52 Å². The third-order valence-corrected chi connectivity index (χ3v) is 1.94. The third kappa shape index (κ3) is 1.38. The summed E-state index contributed by atoms with van der Waals surface area (Å²) < 4.78 is 5.64. The molecule has 60 valence electrons. The first-order valence-electron chi connectivity index (χ1n) is 3.38. The van der Waals surface area contributed by atoms with Gasteiger partial charge in [-0.3, -0.25) is 0 Å². The molecule has 4 heteroatoms. The zero-order valence-electron chi connectivity index (χ0n) is 6.07. The first-order chi connectivity index (χ1) is 5.86. The highest BCUT2D eigenvalue weighted by atomic mass is 79.9. The zero-order chi connectivity index (χ0) is 8.39. The van der Waals surface area contributed by atoms with Crippen molar-refractivity contribution in [1.82, 2.24) is 10.1 Å². The van der Waals surface area contributed by atoms with Crippen molar-refractivity contribution >= 4 is 15.9 Å². The number of nitrogens with zero attached hydrogens (tertiary/aromatic N) is 2. The Bertz CT molecular complexity index is 372. The molecule has 0 atom stereocenters. The first-order valence-corrected chi connectivity index (χ1v) is 4.18. The van der Waals surface area contributed by atoms with E-state index in [1.165, 1.54) is 6.39 Å². The van der Waals surface area contributed by atoms with Crippen molar-refractivity contribution in [3.63, 3.8) is 0 Å². The van der Waals surface area contributed by atoms with Crippen LogP contribution in [0.4, 0.5) is 0 Å². The SMILES string of the molecule is Brc1cccc(-c2ncon2)c1. The molecule has 1 aromatic heterocycles. The zero-order valence-corrected chi connectivity index (χ0v) is 7.65. The van der Waals surface area contributed by atoms with Crippen molar-refractivity contribution in [3.8, 4) is 11.4 Å². The minimum Gasteiger partial charge on any atom is -0.342 e. The topological polar surface area (TPSA) is 38.9 Å². The van der Waals surface area contributed by atoms with Crippen LogP contribution in [0.15, 0.2) is 39.7 Å². The fraction of sp³-hybridized carbons (Fsp3) is 0. The maximum absolute atomic E-state index is 4.63. The highest BCUT2D eigenvalue weighted by Crippen LogP contribution is 2.18. The average Bonchev–Trinajstić information content (AvgIpc) is 2.56. The summed E-state index contributed by atoms with van der Waals surface area (Å²) in [5, 5.41) is 3.72. The number of halogens is 1. The van der Waals surface area contributed by atoms with Gasteiger partial charge in [-0.1, -0.05) is 33.2 Å². The molecule has 1 heterocycles. The predicted octanol–water partition coefficient (Wildman–Crippen LogP) is 2.50. The van der Waals surface area contributed by atoms with Gasteiger partial charge in [0, 0.05) is 10.0 Å². The van der Waals surface area contributed by atoms with E-state index in [4.69, 9.17) is 0 Å². The maximum atomic E-state index is 4.63. The number of hydrogen-bond acceptors (Lipinski definition) is 3. The van der Waals surface area contributed by atoms with E-state index >= 15 is 0 Å². The van der Waals surface area contributed by atoms with Gasteiger partial charge in [0.1, 0.15) is 0 Å². The molecule has 0 bridgehead atoms. The first kappa shape index (κ1) is 7.49. The summed E-state index contributed by atoms with van der Waals surface area (Å²) in [6.45, 7) is 0. The molecule has 3 nitrogen and oxygen atoms in total. The summed E-state index contributed by atoms with van der Waals surface area (Å²) in [5.74, 6) is 0.608. The molecule has 2 rings (SSSR count). The molecule has 0 saturated heterocycles. The molecule has 0 aliphatic heterocycles. The summed E-state index contributed by atoms with van der Waals surface area (Å²) in [5.41, 5.74) is 0.943. The van der Waals surface area contributed by atoms with Gasteiger partial charge in [0.15, 0.2) is 0 Å². The Hall–Kier alpha value is -1.16. The minimum atomic E-state index is 0.608. The Morgan fingerprint density at radius 1 is 1.33 bits per heavy atom. The van der Waals surface area contributed by atoms with Crippen LogP contribution in [-0.2, 0) is 0 Å². The highest BCUT2D eigenvalue weighted by Gasteiger charge is 2.01. The lowest BCUT2D eigenvalue weighted by Gasteiger charge is -1.93. The van der Waals surface area contributed by atoms with Crippen LogP contribution in [0.5, 0.6) is 0 Å². The number of rotatable bonds is 1. The third-order valence-electron chi connectivity index (χ3n) is 1.44. The molecule has 0 unspecified atom stereocenters. The van der Waals surface area contributed by atoms with Crippen molar-refractivity contribution in [2.75, 3.05) is 0 Å². The van der Waals surface area contributed by atoms with Gasteiger partial charge in [-0.15, -0.1) is 0 Å². The molecule has 0 saturated carbocycles. The Morgan fingerprint density at radius 2 is 2.25 bits per heavy atom. The number of aromatic nitrogens is 2. The standard InChI is InChI=1S/C8H5BrN2O/c9-7-3-1-2-6(4-7)8-10-5-12-11-8/h1-5H. The molecular weight excluding hydrogens is 220 g/mol. The van der Waals surface area contributed by atoms with Gasteiger partial charge in [-0.25, -0.2) is 0 Å². The number of hydrogen-bond donors (Lipinski definition) is 0. The molecular formula is C8H5BrN2O. The van der Waals surface area contributed by atoms with E-state index < -0.39 is 0 Å². The molecule has 12 heavy (non-hydrogen) atoms. The van der Waals surface area contributed by atoms with E-state index in [0.29, 0.717) is 5.82 Å².